The number of rotatable bonds is 16. The topological polar surface area (TPSA) is 93.0 Å². The third kappa shape index (κ3) is 6.98. The van der Waals surface area contributed by atoms with E-state index in [2.05, 4.69) is 12.2 Å². The molecule has 7 aliphatic heterocycles. The van der Waals surface area contributed by atoms with Crippen molar-refractivity contribution in [2.45, 2.75) is 68.4 Å². The van der Waals surface area contributed by atoms with Gasteiger partial charge in [-0.2, -0.15) is 0 Å². The third-order valence-electron chi connectivity index (χ3n) is 9.20. The highest BCUT2D eigenvalue weighted by Gasteiger charge is 2.49. The van der Waals surface area contributed by atoms with Crippen molar-refractivity contribution in [2.75, 3.05) is 72.7 Å². The molecule has 38 heavy (non-hydrogen) atoms. The second-order valence-corrected chi connectivity index (χ2v) is 12.4. The highest BCUT2D eigenvalue weighted by Crippen LogP contribution is 2.44. The second-order valence-electron chi connectivity index (χ2n) is 12.4. The van der Waals surface area contributed by atoms with Gasteiger partial charge < -0.3 is 42.6 Å². The van der Waals surface area contributed by atoms with Crippen molar-refractivity contribution in [1.82, 2.24) is 0 Å². The van der Waals surface area contributed by atoms with Crippen LogP contribution < -0.4 is 0 Å². The summed E-state index contributed by atoms with van der Waals surface area (Å²) in [5, 5.41) is 0. The predicted molar refractivity (Wildman–Crippen MR) is 135 cm³/mol. The molecule has 1 saturated carbocycles. The maximum atomic E-state index is 6.05. The van der Waals surface area contributed by atoms with Crippen molar-refractivity contribution in [2.24, 2.45) is 29.6 Å². The first-order valence-corrected chi connectivity index (χ1v) is 14.9. The Morgan fingerprint density at radius 1 is 0.474 bits per heavy atom. The third-order valence-corrected chi connectivity index (χ3v) is 9.20. The molecule has 0 aromatic heterocycles. The number of ether oxygens (including phenoxy) is 9. The van der Waals surface area contributed by atoms with E-state index in [9.17, 15) is 0 Å². The van der Waals surface area contributed by atoms with E-state index in [1.165, 1.54) is 25.7 Å². The molecular weight excluding hydrogens is 492 g/mol. The van der Waals surface area contributed by atoms with Crippen molar-refractivity contribution < 1.29 is 42.6 Å². The Balaban J connectivity index is 0.000000127. The molecule has 4 bridgehead atoms. The predicted octanol–water partition coefficient (Wildman–Crippen LogP) is 2.01. The van der Waals surface area contributed by atoms with Crippen LogP contribution in [0.25, 0.3) is 0 Å². The van der Waals surface area contributed by atoms with Crippen LogP contribution in [0.5, 0.6) is 0 Å². The van der Waals surface area contributed by atoms with Gasteiger partial charge in [0.2, 0.25) is 0 Å². The van der Waals surface area contributed by atoms with Gasteiger partial charge in [0.1, 0.15) is 18.3 Å². The normalized spacial score (nSPS) is 44.9. The van der Waals surface area contributed by atoms with Crippen molar-refractivity contribution in [1.29, 1.82) is 0 Å². The smallest absolute Gasteiger partial charge is 0.104 e. The quantitative estimate of drug-likeness (QED) is 0.217. The molecule has 0 N–H and O–H groups in total. The van der Waals surface area contributed by atoms with Gasteiger partial charge >= 0.3 is 0 Å². The molecule has 0 amide bonds. The zero-order valence-electron chi connectivity index (χ0n) is 22.4. The van der Waals surface area contributed by atoms with Gasteiger partial charge in [0, 0.05) is 30.3 Å². The lowest BCUT2D eigenvalue weighted by Crippen LogP contribution is -2.34. The van der Waals surface area contributed by atoms with Crippen molar-refractivity contribution in [3.05, 3.63) is 12.2 Å². The SMILES string of the molecule is C1=CC2OC1C(COCC1CO1)C2COCC1CO1.C1CC1COCC1C2CCC(O2)C1COCC1CO1. The highest BCUT2D eigenvalue weighted by molar-refractivity contribution is 5.14. The zero-order valence-corrected chi connectivity index (χ0v) is 22.4. The van der Waals surface area contributed by atoms with Crippen LogP contribution in [0.2, 0.25) is 0 Å². The monoisotopic (exact) mass is 536 g/mol. The summed E-state index contributed by atoms with van der Waals surface area (Å²) >= 11 is 0. The van der Waals surface area contributed by atoms with Gasteiger partial charge in [0.25, 0.3) is 0 Å². The van der Waals surface area contributed by atoms with Crippen LogP contribution in [0, 0.1) is 29.6 Å². The molecule has 9 heteroatoms. The highest BCUT2D eigenvalue weighted by atomic mass is 16.6. The molecule has 9 nitrogen and oxygen atoms in total. The summed E-state index contributed by atoms with van der Waals surface area (Å²) in [5.41, 5.74) is 0. The molecule has 11 atom stereocenters. The van der Waals surface area contributed by atoms with Crippen LogP contribution in [0.4, 0.5) is 0 Å². The average Bonchev–Trinajstić information content (AvgIpc) is 3.76. The van der Waals surface area contributed by atoms with Gasteiger partial charge in [0.05, 0.1) is 90.5 Å². The molecule has 214 valence electrons. The Kier molecular flexibility index (Phi) is 8.36. The standard InChI is InChI=1S/C15H24O4.C14H20O5/c1-2-10(1)5-16-8-12-13(9-17-6-11-7-18-11)15-4-3-14(12)19-15;1-2-14-12(8-16-4-10-6-18-10)11(13(1)19-14)7-15-3-9-5-17-9/h10-15H,1-9H2;1-2,9-14H,3-8H2. The molecule has 6 saturated heterocycles. The minimum Gasteiger partial charge on any atom is -0.381 e. The Labute approximate surface area is 225 Å². The summed E-state index contributed by atoms with van der Waals surface area (Å²) < 4.78 is 50.6. The summed E-state index contributed by atoms with van der Waals surface area (Å²) in [6.07, 6.45) is 11.7. The molecular formula is C29H44O9. The van der Waals surface area contributed by atoms with E-state index < -0.39 is 0 Å². The van der Waals surface area contributed by atoms with E-state index in [4.69, 9.17) is 42.6 Å². The largest absolute Gasteiger partial charge is 0.381 e. The lowest BCUT2D eigenvalue weighted by molar-refractivity contribution is 0.0206. The van der Waals surface area contributed by atoms with Gasteiger partial charge in [-0.3, -0.25) is 0 Å². The van der Waals surface area contributed by atoms with Crippen LogP contribution in [-0.2, 0) is 42.6 Å². The average molecular weight is 537 g/mol. The molecule has 7 fully saturated rings. The van der Waals surface area contributed by atoms with Gasteiger partial charge in [-0.25, -0.2) is 0 Å². The van der Waals surface area contributed by atoms with Gasteiger partial charge in [-0.15, -0.1) is 0 Å². The Hall–Kier alpha value is -0.620. The van der Waals surface area contributed by atoms with Crippen molar-refractivity contribution in [3.8, 4) is 0 Å². The Morgan fingerprint density at radius 3 is 1.32 bits per heavy atom. The van der Waals surface area contributed by atoms with E-state index in [1.54, 1.807) is 0 Å². The summed E-state index contributed by atoms with van der Waals surface area (Å²) in [7, 11) is 0. The first-order valence-electron chi connectivity index (χ1n) is 14.9. The minimum atomic E-state index is 0.205. The first-order chi connectivity index (χ1) is 18.8. The molecule has 0 aromatic carbocycles. The maximum Gasteiger partial charge on any atom is 0.104 e. The molecule has 0 spiro atoms. The Bertz CT molecular complexity index is 731. The van der Waals surface area contributed by atoms with Crippen LogP contribution in [0.15, 0.2) is 12.2 Å². The minimum absolute atomic E-state index is 0.205. The number of epoxide rings is 3. The fourth-order valence-corrected chi connectivity index (χ4v) is 6.39. The van der Waals surface area contributed by atoms with Gasteiger partial charge in [-0.05, 0) is 31.6 Å². The Morgan fingerprint density at radius 2 is 0.895 bits per heavy atom. The zero-order chi connectivity index (χ0) is 25.3. The molecule has 7 heterocycles. The van der Waals surface area contributed by atoms with Crippen molar-refractivity contribution >= 4 is 0 Å². The van der Waals surface area contributed by atoms with E-state index >= 15 is 0 Å². The molecule has 1 aliphatic carbocycles. The van der Waals surface area contributed by atoms with Gasteiger partial charge in [0.15, 0.2) is 0 Å². The summed E-state index contributed by atoms with van der Waals surface area (Å²) in [6.45, 7) is 8.86. The van der Waals surface area contributed by atoms with Crippen LogP contribution in [0.3, 0.4) is 0 Å². The van der Waals surface area contributed by atoms with Crippen LogP contribution >= 0.6 is 0 Å². The summed E-state index contributed by atoms with van der Waals surface area (Å²) in [6, 6.07) is 0. The first kappa shape index (κ1) is 26.3. The summed E-state index contributed by atoms with van der Waals surface area (Å²) in [4.78, 5) is 0. The number of hydrogen-bond donors (Lipinski definition) is 0. The second kappa shape index (κ2) is 12.1. The number of fused-ring (bicyclic) bond motifs is 4. The van der Waals surface area contributed by atoms with E-state index in [1.807, 2.05) is 0 Å². The lowest BCUT2D eigenvalue weighted by Gasteiger charge is -2.27. The van der Waals surface area contributed by atoms with Crippen LogP contribution in [0.1, 0.15) is 25.7 Å². The van der Waals surface area contributed by atoms with E-state index in [0.29, 0.717) is 67.4 Å². The molecule has 11 unspecified atom stereocenters. The number of hydrogen-bond acceptors (Lipinski definition) is 9. The fourth-order valence-electron chi connectivity index (χ4n) is 6.39. The molecule has 8 aliphatic rings. The molecule has 0 aromatic rings. The summed E-state index contributed by atoms with van der Waals surface area (Å²) in [5.74, 6) is 2.76. The maximum absolute atomic E-state index is 6.05. The fraction of sp³-hybridized carbons (Fsp3) is 0.931. The van der Waals surface area contributed by atoms with E-state index in [-0.39, 0.29) is 12.2 Å². The lowest BCUT2D eigenvalue weighted by atomic mass is 9.80. The van der Waals surface area contributed by atoms with Crippen LogP contribution in [-0.4, -0.2) is 115 Å². The van der Waals surface area contributed by atoms with E-state index in [0.717, 1.165) is 65.4 Å². The molecule has 0 radical (unpaired) electrons. The van der Waals surface area contributed by atoms with Crippen molar-refractivity contribution in [3.63, 3.8) is 0 Å². The molecule has 8 rings (SSSR count). The van der Waals surface area contributed by atoms with Gasteiger partial charge in [-0.1, -0.05) is 12.2 Å².